The monoisotopic (exact) mass is 251 g/mol. The number of likely N-dealkylation sites (N-methyl/N-ethyl adjacent to an activating group) is 1. The highest BCUT2D eigenvalue weighted by molar-refractivity contribution is 5.09. The molecule has 1 rings (SSSR count). The van der Waals surface area contributed by atoms with E-state index in [2.05, 4.69) is 41.3 Å². The van der Waals surface area contributed by atoms with Gasteiger partial charge in [0.15, 0.2) is 0 Å². The van der Waals surface area contributed by atoms with Crippen molar-refractivity contribution in [2.75, 3.05) is 40.4 Å². The summed E-state index contributed by atoms with van der Waals surface area (Å²) in [4.78, 5) is 6.36. The van der Waals surface area contributed by atoms with Crippen molar-refractivity contribution in [3.8, 4) is 0 Å². The zero-order valence-corrected chi connectivity index (χ0v) is 11.7. The van der Waals surface area contributed by atoms with Crippen molar-refractivity contribution in [1.82, 2.24) is 15.2 Å². The number of hydrogen-bond donors (Lipinski definition) is 1. The molecule has 0 aromatic carbocycles. The van der Waals surface area contributed by atoms with Gasteiger partial charge in [0.05, 0.1) is 6.61 Å². The molecule has 0 saturated heterocycles. The number of aromatic nitrogens is 1. The van der Waals surface area contributed by atoms with Crippen LogP contribution in [0.3, 0.4) is 0 Å². The molecule has 102 valence electrons. The topological polar surface area (TPSA) is 37.4 Å². The first-order valence-electron chi connectivity index (χ1n) is 6.52. The molecule has 18 heavy (non-hydrogen) atoms. The third kappa shape index (κ3) is 6.69. The summed E-state index contributed by atoms with van der Waals surface area (Å²) < 4.78 is 5.08. The van der Waals surface area contributed by atoms with E-state index in [1.165, 1.54) is 5.56 Å². The maximum atomic E-state index is 5.08. The van der Waals surface area contributed by atoms with Gasteiger partial charge in [0, 0.05) is 45.2 Å². The number of nitrogens with one attached hydrogen (secondary N) is 1. The van der Waals surface area contributed by atoms with Crippen molar-refractivity contribution in [2.45, 2.75) is 19.4 Å². The molecule has 0 aliphatic heterocycles. The third-order valence-corrected chi connectivity index (χ3v) is 2.93. The number of nitrogens with zero attached hydrogens (tertiary/aromatic N) is 2. The summed E-state index contributed by atoms with van der Waals surface area (Å²) in [6.07, 6.45) is 4.78. The second-order valence-corrected chi connectivity index (χ2v) is 4.72. The molecule has 0 aliphatic carbocycles. The normalized spacial score (nSPS) is 12.9. The van der Waals surface area contributed by atoms with Gasteiger partial charge in [-0.15, -0.1) is 0 Å². The summed E-state index contributed by atoms with van der Waals surface area (Å²) in [5.74, 6) is 0. The van der Waals surface area contributed by atoms with E-state index >= 15 is 0 Å². The number of methoxy groups -OCH3 is 1. The fraction of sp³-hybridized carbons (Fsp3) is 0.643. The van der Waals surface area contributed by atoms with E-state index in [0.717, 1.165) is 32.7 Å². The summed E-state index contributed by atoms with van der Waals surface area (Å²) in [5.41, 5.74) is 1.34. The van der Waals surface area contributed by atoms with E-state index in [4.69, 9.17) is 4.74 Å². The maximum absolute atomic E-state index is 5.08. The van der Waals surface area contributed by atoms with Crippen LogP contribution in [0.1, 0.15) is 12.5 Å². The Morgan fingerprint density at radius 3 is 2.72 bits per heavy atom. The van der Waals surface area contributed by atoms with Gasteiger partial charge in [-0.1, -0.05) is 0 Å². The zero-order chi connectivity index (χ0) is 13.2. The second-order valence-electron chi connectivity index (χ2n) is 4.72. The van der Waals surface area contributed by atoms with Gasteiger partial charge < -0.3 is 15.0 Å². The Hall–Kier alpha value is -0.970. The Morgan fingerprint density at radius 1 is 1.33 bits per heavy atom. The van der Waals surface area contributed by atoms with Crippen LogP contribution in [-0.2, 0) is 11.2 Å². The molecule has 4 nitrogen and oxygen atoms in total. The molecule has 0 fully saturated rings. The van der Waals surface area contributed by atoms with Gasteiger partial charge in [-0.05, 0) is 38.1 Å². The van der Waals surface area contributed by atoms with Crippen molar-refractivity contribution in [3.05, 3.63) is 30.1 Å². The highest BCUT2D eigenvalue weighted by atomic mass is 16.5. The van der Waals surface area contributed by atoms with Gasteiger partial charge >= 0.3 is 0 Å². The molecule has 1 heterocycles. The average Bonchev–Trinajstić information content (AvgIpc) is 2.38. The standard InChI is InChI=1S/C14H25N3O/c1-13(12-18-3)16-9-11-17(2)10-6-14-4-7-15-8-5-14/h4-5,7-8,13,16H,6,9-12H2,1-3H3. The molecule has 0 saturated carbocycles. The smallest absolute Gasteiger partial charge is 0.0613 e. The van der Waals surface area contributed by atoms with Crippen LogP contribution in [0.25, 0.3) is 0 Å². The van der Waals surface area contributed by atoms with Crippen LogP contribution in [0.15, 0.2) is 24.5 Å². The van der Waals surface area contributed by atoms with Gasteiger partial charge in [-0.2, -0.15) is 0 Å². The average molecular weight is 251 g/mol. The van der Waals surface area contributed by atoms with Crippen molar-refractivity contribution in [1.29, 1.82) is 0 Å². The first kappa shape index (κ1) is 15.1. The Labute approximate surface area is 110 Å². The Kier molecular flexibility index (Phi) is 7.57. The van der Waals surface area contributed by atoms with Crippen LogP contribution in [-0.4, -0.2) is 56.3 Å². The largest absolute Gasteiger partial charge is 0.383 e. The van der Waals surface area contributed by atoms with Gasteiger partial charge in [0.1, 0.15) is 0 Å². The Balaban J connectivity index is 2.09. The molecule has 1 atom stereocenters. The lowest BCUT2D eigenvalue weighted by Gasteiger charge is -2.19. The summed E-state index contributed by atoms with van der Waals surface area (Å²) in [6, 6.07) is 4.57. The minimum absolute atomic E-state index is 0.420. The molecule has 4 heteroatoms. The van der Waals surface area contributed by atoms with Gasteiger partial charge in [-0.25, -0.2) is 0 Å². The molecular formula is C14H25N3O. The SMILES string of the molecule is COCC(C)NCCN(C)CCc1ccncc1. The minimum atomic E-state index is 0.420. The highest BCUT2D eigenvalue weighted by Crippen LogP contribution is 1.98. The van der Waals surface area contributed by atoms with E-state index < -0.39 is 0 Å². The van der Waals surface area contributed by atoms with E-state index in [-0.39, 0.29) is 0 Å². The first-order valence-corrected chi connectivity index (χ1v) is 6.52. The van der Waals surface area contributed by atoms with Crippen LogP contribution in [0.2, 0.25) is 0 Å². The molecular weight excluding hydrogens is 226 g/mol. The maximum Gasteiger partial charge on any atom is 0.0613 e. The van der Waals surface area contributed by atoms with Crippen molar-refractivity contribution >= 4 is 0 Å². The summed E-state index contributed by atoms with van der Waals surface area (Å²) in [6.45, 7) is 6.03. The lowest BCUT2D eigenvalue weighted by atomic mass is 10.2. The van der Waals surface area contributed by atoms with Crippen molar-refractivity contribution in [3.63, 3.8) is 0 Å². The number of rotatable bonds is 9. The van der Waals surface area contributed by atoms with Gasteiger partial charge in [-0.3, -0.25) is 4.98 Å². The Bertz CT molecular complexity index is 305. The second kappa shape index (κ2) is 9.03. The fourth-order valence-electron chi connectivity index (χ4n) is 1.79. The van der Waals surface area contributed by atoms with Crippen LogP contribution >= 0.6 is 0 Å². The number of ether oxygens (including phenoxy) is 1. The highest BCUT2D eigenvalue weighted by Gasteiger charge is 2.02. The van der Waals surface area contributed by atoms with Gasteiger partial charge in [0.2, 0.25) is 0 Å². The molecule has 0 amide bonds. The summed E-state index contributed by atoms with van der Waals surface area (Å²) in [5, 5.41) is 3.44. The van der Waals surface area contributed by atoms with E-state index in [9.17, 15) is 0 Å². The van der Waals surface area contributed by atoms with Crippen molar-refractivity contribution < 1.29 is 4.74 Å². The predicted molar refractivity (Wildman–Crippen MR) is 74.8 cm³/mol. The van der Waals surface area contributed by atoms with Crippen molar-refractivity contribution in [2.24, 2.45) is 0 Å². The quantitative estimate of drug-likeness (QED) is 0.715. The van der Waals surface area contributed by atoms with E-state index in [1.54, 1.807) is 7.11 Å². The number of hydrogen-bond acceptors (Lipinski definition) is 4. The Morgan fingerprint density at radius 2 is 2.06 bits per heavy atom. The molecule has 0 radical (unpaired) electrons. The van der Waals surface area contributed by atoms with Crippen LogP contribution in [0.4, 0.5) is 0 Å². The molecule has 1 unspecified atom stereocenters. The zero-order valence-electron chi connectivity index (χ0n) is 11.7. The first-order chi connectivity index (χ1) is 8.72. The van der Waals surface area contributed by atoms with E-state index in [1.807, 2.05) is 12.4 Å². The molecule has 1 aromatic heterocycles. The molecule has 1 aromatic rings. The summed E-state index contributed by atoms with van der Waals surface area (Å²) in [7, 11) is 3.89. The number of pyridine rings is 1. The van der Waals surface area contributed by atoms with E-state index in [0.29, 0.717) is 6.04 Å². The fourth-order valence-corrected chi connectivity index (χ4v) is 1.79. The lowest BCUT2D eigenvalue weighted by Crippen LogP contribution is -2.37. The van der Waals surface area contributed by atoms with Crippen LogP contribution in [0, 0.1) is 0 Å². The molecule has 0 spiro atoms. The summed E-state index contributed by atoms with van der Waals surface area (Å²) >= 11 is 0. The molecule has 0 bridgehead atoms. The third-order valence-electron chi connectivity index (χ3n) is 2.93. The molecule has 0 aliphatic rings. The van der Waals surface area contributed by atoms with Crippen LogP contribution in [0.5, 0.6) is 0 Å². The predicted octanol–water partition coefficient (Wildman–Crippen LogP) is 1.18. The molecule has 1 N–H and O–H groups in total. The minimum Gasteiger partial charge on any atom is -0.383 e. The van der Waals surface area contributed by atoms with Crippen LogP contribution < -0.4 is 5.32 Å². The lowest BCUT2D eigenvalue weighted by molar-refractivity contribution is 0.170. The van der Waals surface area contributed by atoms with Gasteiger partial charge in [0.25, 0.3) is 0 Å².